The van der Waals surface area contributed by atoms with Crippen LogP contribution in [-0.4, -0.2) is 52.0 Å². The van der Waals surface area contributed by atoms with Crippen molar-refractivity contribution in [2.24, 2.45) is 11.5 Å². The number of alkyl halides is 3. The summed E-state index contributed by atoms with van der Waals surface area (Å²) in [6, 6.07) is 0. The zero-order valence-electron chi connectivity index (χ0n) is 14.4. The Bertz CT molecular complexity index is 311. The fraction of sp³-hybridized carbons (Fsp3) is 0.800. The highest BCUT2D eigenvalue weighted by atomic mass is 79.9. The van der Waals surface area contributed by atoms with E-state index in [2.05, 4.69) is 69.0 Å². The highest BCUT2D eigenvalue weighted by Gasteiger charge is 1.99. The number of rotatable bonds is 12. The molecule has 0 atom stereocenters. The third-order valence-electron chi connectivity index (χ3n) is 2.49. The van der Waals surface area contributed by atoms with Gasteiger partial charge in [0.2, 0.25) is 10.6 Å². The van der Waals surface area contributed by atoms with Crippen molar-refractivity contribution in [3.8, 4) is 0 Å². The second kappa shape index (κ2) is 26.9. The monoisotopic (exact) mass is 615 g/mol. The molecule has 0 saturated heterocycles. The number of amides is 1. The zero-order valence-corrected chi connectivity index (χ0v) is 20.7. The van der Waals surface area contributed by atoms with Gasteiger partial charge in [-0.05, 0) is 54.7 Å². The molecule has 10 heteroatoms. The Morgan fingerprint density at radius 1 is 0.760 bits per heavy atom. The molecule has 0 rings (SSSR count). The van der Waals surface area contributed by atoms with Crippen molar-refractivity contribution in [2.75, 3.05) is 35.6 Å². The number of hydrogen-bond donors (Lipinski definition) is 3. The Labute approximate surface area is 184 Å². The predicted molar refractivity (Wildman–Crippen MR) is 119 cm³/mol. The average molecular weight is 619 g/mol. The van der Waals surface area contributed by atoms with E-state index in [0.29, 0.717) is 29.0 Å². The number of nitrogens with two attached hydrogens (primary N) is 2. The molecule has 0 aromatic heterocycles. The van der Waals surface area contributed by atoms with Crippen LogP contribution < -0.4 is 16.8 Å². The van der Waals surface area contributed by atoms with Crippen LogP contribution in [0.15, 0.2) is 0 Å². The summed E-state index contributed by atoms with van der Waals surface area (Å²) in [6.07, 6.45) is 5.61. The lowest BCUT2D eigenvalue weighted by molar-refractivity contribution is -0.118. The van der Waals surface area contributed by atoms with Crippen LogP contribution in [0.1, 0.15) is 38.5 Å². The zero-order chi connectivity index (χ0) is 19.9. The van der Waals surface area contributed by atoms with Gasteiger partial charge in [-0.3, -0.25) is 14.4 Å². The summed E-state index contributed by atoms with van der Waals surface area (Å²) in [7, 11) is 0. The molecule has 0 aliphatic heterocycles. The predicted octanol–water partition coefficient (Wildman–Crippen LogP) is 3.01. The molecule has 0 aliphatic rings. The fourth-order valence-electron chi connectivity index (χ4n) is 1.25. The van der Waals surface area contributed by atoms with Crippen LogP contribution in [0.4, 0.5) is 0 Å². The number of Topliss-reactive ketones (excluding diaryl/α,β-unsaturated/α-hetero) is 1. The topological polar surface area (TPSA) is 115 Å². The lowest BCUT2D eigenvalue weighted by Crippen LogP contribution is -2.25. The Morgan fingerprint density at radius 3 is 1.64 bits per heavy atom. The largest absolute Gasteiger partial charge is 0.355 e. The van der Waals surface area contributed by atoms with E-state index in [4.69, 9.17) is 11.5 Å². The molecule has 150 valence electrons. The first-order valence-electron chi connectivity index (χ1n) is 7.94. The number of nitrogens with one attached hydrogen (secondary N) is 1. The van der Waals surface area contributed by atoms with Crippen LogP contribution in [0.3, 0.4) is 0 Å². The third kappa shape index (κ3) is 36.4. The molecule has 0 saturated carbocycles. The van der Waals surface area contributed by atoms with E-state index in [1.807, 2.05) is 0 Å². The summed E-state index contributed by atoms with van der Waals surface area (Å²) >= 11 is 11.8. The quantitative estimate of drug-likeness (QED) is 0.177. The maximum atomic E-state index is 10.9. The van der Waals surface area contributed by atoms with E-state index in [-0.39, 0.29) is 16.4 Å². The number of unbranched alkanes of at least 4 members (excludes halogenated alkanes) is 3. The molecular weight excluding hydrogens is 590 g/mol. The number of halogens is 4. The van der Waals surface area contributed by atoms with Gasteiger partial charge in [0.25, 0.3) is 0 Å². The molecule has 0 radical (unpaired) electrons. The lowest BCUT2D eigenvalue weighted by Gasteiger charge is -2.02. The number of hydrogen-bond acceptors (Lipinski definition) is 5. The van der Waals surface area contributed by atoms with Crippen LogP contribution in [0.5, 0.6) is 0 Å². The molecule has 0 spiro atoms. The normalized spacial score (nSPS) is 9.20. The van der Waals surface area contributed by atoms with E-state index >= 15 is 0 Å². The minimum Gasteiger partial charge on any atom is -0.355 e. The summed E-state index contributed by atoms with van der Waals surface area (Å²) < 4.78 is -0.0162. The second-order valence-corrected chi connectivity index (χ2v) is 7.31. The van der Waals surface area contributed by atoms with Crippen molar-refractivity contribution in [2.45, 2.75) is 38.5 Å². The average Bonchev–Trinajstić information content (AvgIpc) is 2.63. The van der Waals surface area contributed by atoms with Gasteiger partial charge >= 0.3 is 0 Å². The standard InChI is InChI=1S/C9H15Br2NO2.C4H12N2.C2H2Br2O/c10-6-8(13)4-2-1-3-5-12-9(14)7-11;5-3-1-2-4-6;3-1-2(4)5/h1-7H2,(H,12,14);1-6H2;1H2. The van der Waals surface area contributed by atoms with E-state index < -0.39 is 0 Å². The molecule has 0 bridgehead atoms. The molecule has 1 amide bonds. The smallest absolute Gasteiger partial charge is 0.230 e. The lowest BCUT2D eigenvalue weighted by atomic mass is 10.1. The summed E-state index contributed by atoms with van der Waals surface area (Å²) in [6.45, 7) is 2.25. The van der Waals surface area contributed by atoms with Crippen molar-refractivity contribution in [3.63, 3.8) is 0 Å². The first kappa shape index (κ1) is 30.4. The molecule has 0 unspecified atom stereocenters. The second-order valence-electron chi connectivity index (χ2n) is 4.74. The summed E-state index contributed by atoms with van der Waals surface area (Å²) in [4.78, 5) is 31.3. The van der Waals surface area contributed by atoms with Gasteiger partial charge in [0.15, 0.2) is 0 Å². The van der Waals surface area contributed by atoms with Crippen molar-refractivity contribution < 1.29 is 14.4 Å². The van der Waals surface area contributed by atoms with Gasteiger partial charge in [-0.1, -0.05) is 54.2 Å². The van der Waals surface area contributed by atoms with Gasteiger partial charge < -0.3 is 16.8 Å². The van der Waals surface area contributed by atoms with E-state index in [1.165, 1.54) is 0 Å². The highest BCUT2D eigenvalue weighted by Crippen LogP contribution is 2.01. The molecule has 0 aliphatic carbocycles. The van der Waals surface area contributed by atoms with Gasteiger partial charge in [-0.15, -0.1) is 0 Å². The van der Waals surface area contributed by atoms with Crippen molar-refractivity contribution in [1.82, 2.24) is 5.32 Å². The van der Waals surface area contributed by atoms with Gasteiger partial charge in [-0.2, -0.15) is 0 Å². The number of carbonyl (C=O) groups excluding carboxylic acids is 3. The summed E-state index contributed by atoms with van der Waals surface area (Å²) in [5.41, 5.74) is 10.3. The molecule has 0 aromatic rings. The Balaban J connectivity index is -0.000000362. The van der Waals surface area contributed by atoms with Crippen molar-refractivity contribution in [3.05, 3.63) is 0 Å². The fourth-order valence-corrected chi connectivity index (χ4v) is 1.73. The number of carbonyl (C=O) groups is 3. The molecule has 0 aromatic carbocycles. The van der Waals surface area contributed by atoms with Gasteiger partial charge in [-0.25, -0.2) is 0 Å². The first-order valence-corrected chi connectivity index (χ1v) is 12.1. The van der Waals surface area contributed by atoms with Crippen LogP contribution in [-0.2, 0) is 14.4 Å². The molecule has 6 nitrogen and oxygen atoms in total. The SMILES string of the molecule is NCCCCN.O=C(Br)CBr.O=C(CBr)CCCCCNC(=O)CBr. The van der Waals surface area contributed by atoms with Crippen molar-refractivity contribution >= 4 is 80.1 Å². The van der Waals surface area contributed by atoms with E-state index in [1.54, 1.807) is 0 Å². The van der Waals surface area contributed by atoms with Gasteiger partial charge in [0, 0.05) is 13.0 Å². The highest BCUT2D eigenvalue weighted by molar-refractivity contribution is 9.19. The van der Waals surface area contributed by atoms with Gasteiger partial charge in [0.05, 0.1) is 16.0 Å². The number of ketones is 1. The maximum Gasteiger partial charge on any atom is 0.230 e. The minimum atomic E-state index is -0.0162. The Hall–Kier alpha value is 0.650. The summed E-state index contributed by atoms with van der Waals surface area (Å²) in [5, 5.41) is 3.96. The molecule has 25 heavy (non-hydrogen) atoms. The van der Waals surface area contributed by atoms with Crippen LogP contribution in [0, 0.1) is 0 Å². The molecule has 5 N–H and O–H groups in total. The Kier molecular flexibility index (Phi) is 32.7. The maximum absolute atomic E-state index is 10.9. The molecule has 0 heterocycles. The molecular formula is C15H29Br4N3O3. The van der Waals surface area contributed by atoms with Crippen LogP contribution in [0.25, 0.3) is 0 Å². The summed E-state index contributed by atoms with van der Waals surface area (Å²) in [5.74, 6) is 0.260. The van der Waals surface area contributed by atoms with E-state index in [0.717, 1.165) is 45.2 Å². The van der Waals surface area contributed by atoms with E-state index in [9.17, 15) is 14.4 Å². The third-order valence-corrected chi connectivity index (χ3v) is 5.17. The van der Waals surface area contributed by atoms with Gasteiger partial charge in [0.1, 0.15) is 5.78 Å². The minimum absolute atomic E-state index is 0.0153. The molecule has 0 fully saturated rings. The van der Waals surface area contributed by atoms with Crippen LogP contribution >= 0.6 is 63.7 Å². The van der Waals surface area contributed by atoms with Crippen LogP contribution in [0.2, 0.25) is 0 Å². The first-order chi connectivity index (χ1) is 11.9. The Morgan fingerprint density at radius 2 is 1.28 bits per heavy atom. The van der Waals surface area contributed by atoms with Crippen molar-refractivity contribution in [1.29, 1.82) is 0 Å².